The molecule has 1 aliphatic rings. The molecule has 0 amide bonds. The Bertz CT molecular complexity index is 139. The molecule has 0 aromatic heterocycles. The van der Waals surface area contributed by atoms with Gasteiger partial charge in [0.1, 0.15) is 0 Å². The van der Waals surface area contributed by atoms with Crippen molar-refractivity contribution < 1.29 is 0 Å². The van der Waals surface area contributed by atoms with Crippen molar-refractivity contribution in [2.24, 2.45) is 0 Å². The van der Waals surface area contributed by atoms with Crippen molar-refractivity contribution in [1.82, 2.24) is 5.32 Å². The van der Waals surface area contributed by atoms with Crippen molar-refractivity contribution in [2.75, 3.05) is 13.1 Å². The lowest BCUT2D eigenvalue weighted by Crippen LogP contribution is -2.23. The summed E-state index contributed by atoms with van der Waals surface area (Å²) in [6.45, 7) is 6.93. The van der Waals surface area contributed by atoms with Crippen LogP contribution in [0.15, 0.2) is 11.1 Å². The number of allylic oxidation sites excluding steroid dienone is 1. The highest BCUT2D eigenvalue weighted by Gasteiger charge is 2.06. The predicted octanol–water partition coefficient (Wildman–Crippen LogP) is 2.49. The average Bonchev–Trinajstić information content (AvgIpc) is 2.07. The van der Waals surface area contributed by atoms with Gasteiger partial charge in [-0.05, 0) is 39.3 Å². The fourth-order valence-corrected chi connectivity index (χ4v) is 1.71. The highest BCUT2D eigenvalue weighted by molar-refractivity contribution is 5.14. The summed E-state index contributed by atoms with van der Waals surface area (Å²) in [6.07, 6.45) is 5.16. The molecular formula is C10H19N. The fourth-order valence-electron chi connectivity index (χ4n) is 1.71. The van der Waals surface area contributed by atoms with Crippen LogP contribution in [0.5, 0.6) is 0 Å². The Morgan fingerprint density at radius 1 is 1.36 bits per heavy atom. The number of piperidine rings is 1. The van der Waals surface area contributed by atoms with Crippen LogP contribution in [-0.2, 0) is 0 Å². The monoisotopic (exact) mass is 153 g/mol. The van der Waals surface area contributed by atoms with E-state index in [-0.39, 0.29) is 0 Å². The van der Waals surface area contributed by atoms with Gasteiger partial charge in [0.25, 0.3) is 0 Å². The van der Waals surface area contributed by atoms with Gasteiger partial charge in [-0.3, -0.25) is 0 Å². The summed E-state index contributed by atoms with van der Waals surface area (Å²) < 4.78 is 0. The molecule has 0 saturated carbocycles. The highest BCUT2D eigenvalue weighted by Crippen LogP contribution is 2.18. The molecule has 1 heteroatoms. The lowest BCUT2D eigenvalue weighted by molar-refractivity contribution is 0.600. The van der Waals surface area contributed by atoms with Crippen LogP contribution in [0.25, 0.3) is 0 Å². The Labute approximate surface area is 69.9 Å². The Hall–Kier alpha value is -0.300. The van der Waals surface area contributed by atoms with Crippen LogP contribution < -0.4 is 5.32 Å². The van der Waals surface area contributed by atoms with E-state index in [1.807, 2.05) is 0 Å². The lowest BCUT2D eigenvalue weighted by Gasteiger charge is -2.18. The normalized spacial score (nSPS) is 18.5. The first-order valence-electron chi connectivity index (χ1n) is 4.72. The van der Waals surface area contributed by atoms with Gasteiger partial charge >= 0.3 is 0 Å². The van der Waals surface area contributed by atoms with E-state index in [2.05, 4.69) is 19.2 Å². The number of nitrogens with one attached hydrogen (secondary N) is 1. The summed E-state index contributed by atoms with van der Waals surface area (Å²) in [5.74, 6) is 0. The van der Waals surface area contributed by atoms with Crippen molar-refractivity contribution in [3.05, 3.63) is 11.1 Å². The first-order valence-corrected chi connectivity index (χ1v) is 4.72. The molecule has 1 heterocycles. The summed E-state index contributed by atoms with van der Waals surface area (Å²) in [4.78, 5) is 0. The third-order valence-corrected chi connectivity index (χ3v) is 2.44. The maximum Gasteiger partial charge on any atom is -0.00114 e. The van der Waals surface area contributed by atoms with Crippen LogP contribution in [0, 0.1) is 0 Å². The van der Waals surface area contributed by atoms with E-state index in [4.69, 9.17) is 0 Å². The molecule has 1 aliphatic heterocycles. The molecule has 11 heavy (non-hydrogen) atoms. The zero-order valence-corrected chi connectivity index (χ0v) is 7.74. The van der Waals surface area contributed by atoms with Crippen molar-refractivity contribution in [3.63, 3.8) is 0 Å². The van der Waals surface area contributed by atoms with Gasteiger partial charge in [-0.2, -0.15) is 0 Å². The minimum absolute atomic E-state index is 1.19. The lowest BCUT2D eigenvalue weighted by atomic mass is 9.97. The van der Waals surface area contributed by atoms with Crippen molar-refractivity contribution in [1.29, 1.82) is 0 Å². The summed E-state index contributed by atoms with van der Waals surface area (Å²) in [7, 11) is 0. The standard InChI is InChI=1S/C10H19N/c1-3-4-9(2)10-5-7-11-8-6-10/h11H,3-8H2,1-2H3. The minimum atomic E-state index is 1.19. The summed E-state index contributed by atoms with van der Waals surface area (Å²) in [6, 6.07) is 0. The van der Waals surface area contributed by atoms with E-state index in [1.54, 1.807) is 11.1 Å². The highest BCUT2D eigenvalue weighted by atomic mass is 14.9. The number of hydrogen-bond acceptors (Lipinski definition) is 1. The minimum Gasteiger partial charge on any atom is -0.316 e. The maximum atomic E-state index is 3.38. The van der Waals surface area contributed by atoms with Gasteiger partial charge in [-0.15, -0.1) is 0 Å². The molecule has 1 N–H and O–H groups in total. The van der Waals surface area contributed by atoms with Gasteiger partial charge in [0.15, 0.2) is 0 Å². The number of hydrogen-bond donors (Lipinski definition) is 1. The molecule has 1 rings (SSSR count). The summed E-state index contributed by atoms with van der Waals surface area (Å²) in [5.41, 5.74) is 3.36. The Balaban J connectivity index is 2.46. The molecule has 0 unspecified atom stereocenters. The molecule has 1 fully saturated rings. The molecule has 1 nitrogen and oxygen atoms in total. The van der Waals surface area contributed by atoms with E-state index in [0.29, 0.717) is 0 Å². The van der Waals surface area contributed by atoms with Crippen molar-refractivity contribution in [2.45, 2.75) is 39.5 Å². The van der Waals surface area contributed by atoms with Crippen LogP contribution >= 0.6 is 0 Å². The predicted molar refractivity (Wildman–Crippen MR) is 49.7 cm³/mol. The van der Waals surface area contributed by atoms with Gasteiger partial charge in [0.05, 0.1) is 0 Å². The fraction of sp³-hybridized carbons (Fsp3) is 0.800. The zero-order chi connectivity index (χ0) is 8.10. The van der Waals surface area contributed by atoms with Gasteiger partial charge in [-0.1, -0.05) is 24.5 Å². The second-order valence-corrected chi connectivity index (χ2v) is 3.38. The molecule has 0 radical (unpaired) electrons. The summed E-state index contributed by atoms with van der Waals surface area (Å²) >= 11 is 0. The molecule has 64 valence electrons. The van der Waals surface area contributed by atoms with Crippen LogP contribution in [0.3, 0.4) is 0 Å². The molecule has 0 aromatic rings. The van der Waals surface area contributed by atoms with Gasteiger partial charge < -0.3 is 5.32 Å². The molecule has 0 aromatic carbocycles. The third-order valence-electron chi connectivity index (χ3n) is 2.44. The molecule has 0 bridgehead atoms. The van der Waals surface area contributed by atoms with Crippen LogP contribution in [-0.4, -0.2) is 13.1 Å². The Morgan fingerprint density at radius 3 is 2.55 bits per heavy atom. The first-order chi connectivity index (χ1) is 5.34. The quantitative estimate of drug-likeness (QED) is 0.601. The maximum absolute atomic E-state index is 3.38. The molecule has 0 spiro atoms. The molecule has 0 aliphatic carbocycles. The SMILES string of the molecule is CCCC(C)=C1CCNCC1. The number of rotatable bonds is 2. The molecule has 1 saturated heterocycles. The van der Waals surface area contributed by atoms with Crippen molar-refractivity contribution >= 4 is 0 Å². The topological polar surface area (TPSA) is 12.0 Å². The summed E-state index contributed by atoms with van der Waals surface area (Å²) in [5, 5.41) is 3.38. The van der Waals surface area contributed by atoms with Crippen LogP contribution in [0.4, 0.5) is 0 Å². The van der Waals surface area contributed by atoms with Crippen molar-refractivity contribution in [3.8, 4) is 0 Å². The average molecular weight is 153 g/mol. The van der Waals surface area contributed by atoms with Crippen LogP contribution in [0.2, 0.25) is 0 Å². The van der Waals surface area contributed by atoms with Crippen LogP contribution in [0.1, 0.15) is 39.5 Å². The second-order valence-electron chi connectivity index (χ2n) is 3.38. The van der Waals surface area contributed by atoms with E-state index in [0.717, 1.165) is 0 Å². The largest absolute Gasteiger partial charge is 0.316 e. The van der Waals surface area contributed by atoms with E-state index < -0.39 is 0 Å². The van der Waals surface area contributed by atoms with Gasteiger partial charge in [0.2, 0.25) is 0 Å². The smallest absolute Gasteiger partial charge is 0.00114 e. The third kappa shape index (κ3) is 2.66. The van der Waals surface area contributed by atoms with E-state index >= 15 is 0 Å². The second kappa shape index (κ2) is 4.55. The first kappa shape index (κ1) is 8.79. The van der Waals surface area contributed by atoms with E-state index in [1.165, 1.54) is 38.8 Å². The Morgan fingerprint density at radius 2 is 2.00 bits per heavy atom. The molecular weight excluding hydrogens is 134 g/mol. The van der Waals surface area contributed by atoms with Gasteiger partial charge in [0, 0.05) is 0 Å². The Kier molecular flexibility index (Phi) is 3.64. The molecule has 0 atom stereocenters. The van der Waals surface area contributed by atoms with Gasteiger partial charge in [-0.25, -0.2) is 0 Å². The van der Waals surface area contributed by atoms with E-state index in [9.17, 15) is 0 Å². The zero-order valence-electron chi connectivity index (χ0n) is 7.74.